The SMILES string of the molecule is O[C@]1(c2ccc(F)cc2)C=C[C@@](O)(c2ccc(F)cc2)CC1. The first-order valence-electron chi connectivity index (χ1n) is 7.09. The molecule has 0 unspecified atom stereocenters. The van der Waals surface area contributed by atoms with Crippen LogP contribution in [0.4, 0.5) is 8.78 Å². The van der Waals surface area contributed by atoms with Crippen LogP contribution in [0, 0.1) is 11.6 Å². The van der Waals surface area contributed by atoms with Crippen LogP contribution in [0.25, 0.3) is 0 Å². The average Bonchev–Trinajstić information content (AvgIpc) is 2.52. The van der Waals surface area contributed by atoms with Crippen molar-refractivity contribution in [2.75, 3.05) is 0 Å². The Morgan fingerprint density at radius 2 is 0.955 bits per heavy atom. The molecule has 114 valence electrons. The molecular weight excluding hydrogens is 286 g/mol. The van der Waals surface area contributed by atoms with Crippen LogP contribution in [0.3, 0.4) is 0 Å². The van der Waals surface area contributed by atoms with Gasteiger partial charge in [0, 0.05) is 0 Å². The molecule has 0 fully saturated rings. The highest BCUT2D eigenvalue weighted by Gasteiger charge is 2.38. The van der Waals surface area contributed by atoms with Crippen LogP contribution >= 0.6 is 0 Å². The van der Waals surface area contributed by atoms with Crippen LogP contribution in [0.15, 0.2) is 60.7 Å². The lowest BCUT2D eigenvalue weighted by Gasteiger charge is -2.36. The van der Waals surface area contributed by atoms with Crippen LogP contribution < -0.4 is 0 Å². The lowest BCUT2D eigenvalue weighted by molar-refractivity contribution is 0.00579. The quantitative estimate of drug-likeness (QED) is 0.835. The third-order valence-electron chi connectivity index (χ3n) is 4.21. The van der Waals surface area contributed by atoms with E-state index in [0.717, 1.165) is 0 Å². The molecule has 2 nitrogen and oxygen atoms in total. The van der Waals surface area contributed by atoms with Gasteiger partial charge in [0.2, 0.25) is 0 Å². The maximum absolute atomic E-state index is 13.0. The molecule has 2 atom stereocenters. The average molecular weight is 302 g/mol. The van der Waals surface area contributed by atoms with Gasteiger partial charge in [-0.25, -0.2) is 8.78 Å². The highest BCUT2D eigenvalue weighted by atomic mass is 19.1. The molecule has 1 aliphatic carbocycles. The Bertz CT molecular complexity index is 633. The molecule has 0 radical (unpaired) electrons. The van der Waals surface area contributed by atoms with Crippen molar-refractivity contribution in [3.63, 3.8) is 0 Å². The smallest absolute Gasteiger partial charge is 0.123 e. The molecule has 0 saturated heterocycles. The number of halogens is 2. The lowest BCUT2D eigenvalue weighted by atomic mass is 9.76. The first kappa shape index (κ1) is 14.9. The maximum Gasteiger partial charge on any atom is 0.123 e. The molecule has 0 bridgehead atoms. The zero-order chi connectivity index (χ0) is 15.8. The van der Waals surface area contributed by atoms with Gasteiger partial charge in [0.15, 0.2) is 0 Å². The standard InChI is InChI=1S/C18H16F2O2/c19-15-5-1-13(2-6-15)17(21)9-11-18(22,12-10-17)14-3-7-16(20)8-4-14/h1-9,11,21-22H,10,12H2/t17-,18+. The highest BCUT2D eigenvalue weighted by molar-refractivity contribution is 5.35. The molecule has 0 spiro atoms. The van der Waals surface area contributed by atoms with Gasteiger partial charge >= 0.3 is 0 Å². The summed E-state index contributed by atoms with van der Waals surface area (Å²) in [4.78, 5) is 0. The zero-order valence-corrected chi connectivity index (χ0v) is 11.8. The van der Waals surface area contributed by atoms with Crippen molar-refractivity contribution in [1.29, 1.82) is 0 Å². The van der Waals surface area contributed by atoms with Gasteiger partial charge < -0.3 is 10.2 Å². The molecule has 0 aromatic heterocycles. The Labute approximate surface area is 127 Å². The fourth-order valence-corrected chi connectivity index (χ4v) is 2.78. The van der Waals surface area contributed by atoms with Crippen molar-refractivity contribution in [3.8, 4) is 0 Å². The molecule has 0 aliphatic heterocycles. The third-order valence-corrected chi connectivity index (χ3v) is 4.21. The normalized spacial score (nSPS) is 27.8. The molecule has 4 heteroatoms. The van der Waals surface area contributed by atoms with Crippen molar-refractivity contribution < 1.29 is 19.0 Å². The molecule has 0 amide bonds. The summed E-state index contributed by atoms with van der Waals surface area (Å²) in [5.74, 6) is -0.732. The molecule has 0 heterocycles. The van der Waals surface area contributed by atoms with E-state index in [1.54, 1.807) is 0 Å². The van der Waals surface area contributed by atoms with Crippen LogP contribution in [0.2, 0.25) is 0 Å². The Kier molecular flexibility index (Phi) is 3.59. The van der Waals surface area contributed by atoms with E-state index in [1.807, 2.05) is 0 Å². The largest absolute Gasteiger partial charge is 0.381 e. The Balaban J connectivity index is 1.90. The number of rotatable bonds is 2. The summed E-state index contributed by atoms with van der Waals surface area (Å²) in [5, 5.41) is 21.4. The second kappa shape index (κ2) is 5.30. The second-order valence-corrected chi connectivity index (χ2v) is 5.70. The summed E-state index contributed by atoms with van der Waals surface area (Å²) in [5.41, 5.74) is -1.32. The van der Waals surface area contributed by atoms with E-state index in [4.69, 9.17) is 0 Å². The van der Waals surface area contributed by atoms with Crippen LogP contribution in [0.5, 0.6) is 0 Å². The molecule has 1 aliphatic rings. The van der Waals surface area contributed by atoms with Gasteiger partial charge in [-0.05, 0) is 60.4 Å². The number of aliphatic hydroxyl groups is 2. The van der Waals surface area contributed by atoms with E-state index in [0.29, 0.717) is 11.1 Å². The number of benzene rings is 2. The summed E-state index contributed by atoms with van der Waals surface area (Å²) in [7, 11) is 0. The Hall–Kier alpha value is -2.04. The molecule has 2 N–H and O–H groups in total. The molecular formula is C18H16F2O2. The van der Waals surface area contributed by atoms with E-state index >= 15 is 0 Å². The van der Waals surface area contributed by atoms with E-state index in [9.17, 15) is 19.0 Å². The van der Waals surface area contributed by atoms with Gasteiger partial charge in [0.05, 0.1) is 0 Å². The molecule has 0 saturated carbocycles. The first-order chi connectivity index (χ1) is 10.4. The Morgan fingerprint density at radius 3 is 1.23 bits per heavy atom. The summed E-state index contributed by atoms with van der Waals surface area (Å²) in [6.45, 7) is 0. The minimum atomic E-state index is -1.24. The van der Waals surface area contributed by atoms with E-state index in [-0.39, 0.29) is 24.5 Å². The highest BCUT2D eigenvalue weighted by Crippen LogP contribution is 2.40. The van der Waals surface area contributed by atoms with Gasteiger partial charge in [0.1, 0.15) is 22.8 Å². The number of hydrogen-bond acceptors (Lipinski definition) is 2. The summed E-state index contributed by atoms with van der Waals surface area (Å²) >= 11 is 0. The van der Waals surface area contributed by atoms with E-state index in [1.165, 1.54) is 60.7 Å². The van der Waals surface area contributed by atoms with Crippen molar-refractivity contribution in [3.05, 3.63) is 83.4 Å². The molecule has 3 rings (SSSR count). The predicted molar refractivity (Wildman–Crippen MR) is 79.0 cm³/mol. The molecule has 2 aromatic carbocycles. The fourth-order valence-electron chi connectivity index (χ4n) is 2.78. The van der Waals surface area contributed by atoms with Gasteiger partial charge in [-0.2, -0.15) is 0 Å². The topological polar surface area (TPSA) is 40.5 Å². The van der Waals surface area contributed by atoms with Crippen LogP contribution in [-0.2, 0) is 11.2 Å². The molecule has 2 aromatic rings. The molecule has 22 heavy (non-hydrogen) atoms. The van der Waals surface area contributed by atoms with Crippen molar-refractivity contribution in [2.24, 2.45) is 0 Å². The van der Waals surface area contributed by atoms with Crippen molar-refractivity contribution in [2.45, 2.75) is 24.0 Å². The monoisotopic (exact) mass is 302 g/mol. The lowest BCUT2D eigenvalue weighted by Crippen LogP contribution is -2.35. The van der Waals surface area contributed by atoms with Gasteiger partial charge in [0.25, 0.3) is 0 Å². The summed E-state index contributed by atoms with van der Waals surface area (Å²) in [6.07, 6.45) is 3.60. The van der Waals surface area contributed by atoms with Gasteiger partial charge in [-0.15, -0.1) is 0 Å². The minimum Gasteiger partial charge on any atom is -0.381 e. The maximum atomic E-state index is 13.0. The fraction of sp³-hybridized carbons (Fsp3) is 0.222. The second-order valence-electron chi connectivity index (χ2n) is 5.70. The third kappa shape index (κ3) is 2.67. The van der Waals surface area contributed by atoms with Crippen LogP contribution in [0.1, 0.15) is 24.0 Å². The van der Waals surface area contributed by atoms with E-state index < -0.39 is 11.2 Å². The zero-order valence-electron chi connectivity index (χ0n) is 11.8. The Morgan fingerprint density at radius 1 is 0.636 bits per heavy atom. The predicted octanol–water partition coefficient (Wildman–Crippen LogP) is 3.39. The van der Waals surface area contributed by atoms with Gasteiger partial charge in [-0.3, -0.25) is 0 Å². The van der Waals surface area contributed by atoms with Crippen molar-refractivity contribution in [1.82, 2.24) is 0 Å². The van der Waals surface area contributed by atoms with E-state index in [2.05, 4.69) is 0 Å². The number of hydrogen-bond donors (Lipinski definition) is 2. The summed E-state index contributed by atoms with van der Waals surface area (Å²) < 4.78 is 26.0. The van der Waals surface area contributed by atoms with Crippen molar-refractivity contribution >= 4 is 0 Å². The van der Waals surface area contributed by atoms with Crippen LogP contribution in [-0.4, -0.2) is 10.2 Å². The summed E-state index contributed by atoms with van der Waals surface area (Å²) in [6, 6.07) is 11.3. The minimum absolute atomic E-state index is 0.281. The first-order valence-corrected chi connectivity index (χ1v) is 7.09. The van der Waals surface area contributed by atoms with Gasteiger partial charge in [-0.1, -0.05) is 24.3 Å².